The standard InChI is InChI=1S/C15H19BrN2O2/c1-4-11(16)8-14-17-12(15(19)20-5-2)9-13(18(14)3)10-6-7-10/h4,8-10H,5-7H2,1-3H3/b11-4+,14-8-. The maximum Gasteiger partial charge on any atom is 0.357 e. The second-order valence-electron chi connectivity index (χ2n) is 4.80. The van der Waals surface area contributed by atoms with Gasteiger partial charge in [0.05, 0.1) is 6.61 Å². The Labute approximate surface area is 128 Å². The van der Waals surface area contributed by atoms with Crippen molar-refractivity contribution in [2.24, 2.45) is 10.9 Å². The third-order valence-corrected chi connectivity index (χ3v) is 3.96. The Morgan fingerprint density at radius 1 is 1.60 bits per heavy atom. The number of allylic oxidation sites excluding steroid dienone is 4. The molecule has 0 aromatic carbocycles. The topological polar surface area (TPSA) is 41.9 Å². The van der Waals surface area contributed by atoms with Crippen molar-refractivity contribution >= 4 is 27.6 Å². The lowest BCUT2D eigenvalue weighted by molar-refractivity contribution is -0.134. The molecule has 0 spiro atoms. The van der Waals surface area contributed by atoms with Crippen molar-refractivity contribution in [3.63, 3.8) is 0 Å². The van der Waals surface area contributed by atoms with Crippen molar-refractivity contribution in [2.45, 2.75) is 26.7 Å². The zero-order valence-corrected chi connectivity index (χ0v) is 13.6. The fourth-order valence-corrected chi connectivity index (χ4v) is 2.22. The lowest BCUT2D eigenvalue weighted by Gasteiger charge is -2.27. The average Bonchev–Trinajstić information content (AvgIpc) is 3.25. The van der Waals surface area contributed by atoms with Gasteiger partial charge in [0.1, 0.15) is 5.82 Å². The molecule has 0 bridgehead atoms. The Morgan fingerprint density at radius 3 is 2.85 bits per heavy atom. The predicted molar refractivity (Wildman–Crippen MR) is 83.4 cm³/mol. The van der Waals surface area contributed by atoms with Crippen LogP contribution in [0.15, 0.2) is 39.2 Å². The lowest BCUT2D eigenvalue weighted by atomic mass is 10.1. The molecule has 0 saturated heterocycles. The number of hydrogen-bond donors (Lipinski definition) is 0. The molecule has 2 rings (SSSR count). The van der Waals surface area contributed by atoms with E-state index in [4.69, 9.17) is 4.74 Å². The van der Waals surface area contributed by atoms with E-state index in [9.17, 15) is 4.79 Å². The first-order valence-corrected chi connectivity index (χ1v) is 7.60. The maximum atomic E-state index is 11.9. The molecule has 0 amide bonds. The SMILES string of the molecule is C/C=C(Br)\C=C1\N=C(C(=O)OCC)C=C(C2CC2)N1C. The third kappa shape index (κ3) is 3.39. The van der Waals surface area contributed by atoms with E-state index in [1.165, 1.54) is 12.8 Å². The van der Waals surface area contributed by atoms with E-state index in [1.54, 1.807) is 6.92 Å². The van der Waals surface area contributed by atoms with Crippen LogP contribution in [0.1, 0.15) is 26.7 Å². The molecule has 1 heterocycles. The summed E-state index contributed by atoms with van der Waals surface area (Å²) in [4.78, 5) is 18.4. The van der Waals surface area contributed by atoms with Crippen molar-refractivity contribution in [1.29, 1.82) is 0 Å². The smallest absolute Gasteiger partial charge is 0.357 e. The average molecular weight is 339 g/mol. The molecule has 1 saturated carbocycles. The highest BCUT2D eigenvalue weighted by Gasteiger charge is 2.33. The second-order valence-corrected chi connectivity index (χ2v) is 5.71. The molecule has 1 fully saturated rings. The van der Waals surface area contributed by atoms with Gasteiger partial charge in [-0.1, -0.05) is 22.0 Å². The minimum absolute atomic E-state index is 0.359. The molecule has 20 heavy (non-hydrogen) atoms. The van der Waals surface area contributed by atoms with Crippen LogP contribution in [0, 0.1) is 5.92 Å². The number of rotatable bonds is 4. The molecule has 2 aliphatic rings. The van der Waals surface area contributed by atoms with Gasteiger partial charge < -0.3 is 9.64 Å². The lowest BCUT2D eigenvalue weighted by Crippen LogP contribution is -2.27. The number of esters is 1. The highest BCUT2D eigenvalue weighted by atomic mass is 79.9. The summed E-state index contributed by atoms with van der Waals surface area (Å²) in [5.41, 5.74) is 1.53. The Balaban J connectivity index is 2.35. The van der Waals surface area contributed by atoms with Gasteiger partial charge in [-0.25, -0.2) is 9.79 Å². The van der Waals surface area contributed by atoms with E-state index in [2.05, 4.69) is 20.9 Å². The van der Waals surface area contributed by atoms with E-state index in [0.717, 1.165) is 16.0 Å². The van der Waals surface area contributed by atoms with Gasteiger partial charge >= 0.3 is 5.97 Å². The molecule has 0 N–H and O–H groups in total. The number of ether oxygens (including phenoxy) is 1. The van der Waals surface area contributed by atoms with Crippen LogP contribution in [-0.4, -0.2) is 30.2 Å². The monoisotopic (exact) mass is 338 g/mol. The molecular formula is C15H19BrN2O2. The molecule has 5 heteroatoms. The van der Waals surface area contributed by atoms with Gasteiger partial charge in [-0.05, 0) is 44.8 Å². The summed E-state index contributed by atoms with van der Waals surface area (Å²) < 4.78 is 5.99. The number of halogens is 1. The molecular weight excluding hydrogens is 320 g/mol. The second kappa shape index (κ2) is 6.39. The van der Waals surface area contributed by atoms with Crippen LogP contribution in [0.5, 0.6) is 0 Å². The largest absolute Gasteiger partial charge is 0.461 e. The molecule has 4 nitrogen and oxygen atoms in total. The zero-order chi connectivity index (χ0) is 14.7. The van der Waals surface area contributed by atoms with Crippen LogP contribution in [0.2, 0.25) is 0 Å². The first-order valence-electron chi connectivity index (χ1n) is 6.81. The van der Waals surface area contributed by atoms with E-state index in [0.29, 0.717) is 18.2 Å². The van der Waals surface area contributed by atoms with Gasteiger partial charge in [0.15, 0.2) is 5.71 Å². The van der Waals surface area contributed by atoms with Crippen LogP contribution in [0.3, 0.4) is 0 Å². The number of carbonyl (C=O) groups excluding carboxylic acids is 1. The van der Waals surface area contributed by atoms with E-state index >= 15 is 0 Å². The van der Waals surface area contributed by atoms with Gasteiger partial charge in [-0.2, -0.15) is 0 Å². The minimum atomic E-state index is -0.360. The van der Waals surface area contributed by atoms with Gasteiger partial charge in [0, 0.05) is 17.2 Å². The third-order valence-electron chi connectivity index (χ3n) is 3.27. The number of aliphatic imine (C=N–C) groups is 1. The van der Waals surface area contributed by atoms with Crippen molar-refractivity contribution < 1.29 is 9.53 Å². The molecule has 0 radical (unpaired) electrons. The molecule has 0 aromatic heterocycles. The summed E-state index contributed by atoms with van der Waals surface area (Å²) in [6, 6.07) is 0. The normalized spacial score (nSPS) is 21.7. The Kier molecular flexibility index (Phi) is 4.81. The van der Waals surface area contributed by atoms with Crippen LogP contribution in [0.25, 0.3) is 0 Å². The molecule has 1 aliphatic heterocycles. The minimum Gasteiger partial charge on any atom is -0.461 e. The summed E-state index contributed by atoms with van der Waals surface area (Å²) in [6.07, 6.45) is 8.05. The highest BCUT2D eigenvalue weighted by Crippen LogP contribution is 2.40. The fraction of sp³-hybridized carbons (Fsp3) is 0.467. The first kappa shape index (κ1) is 15.0. The summed E-state index contributed by atoms with van der Waals surface area (Å²) in [5, 5.41) is 0. The Bertz CT molecular complexity index is 528. The number of carbonyl (C=O) groups is 1. The quantitative estimate of drug-likeness (QED) is 0.738. The highest BCUT2D eigenvalue weighted by molar-refractivity contribution is 9.11. The van der Waals surface area contributed by atoms with Gasteiger partial charge in [0.2, 0.25) is 0 Å². The maximum absolute atomic E-state index is 11.9. The van der Waals surface area contributed by atoms with Crippen LogP contribution < -0.4 is 0 Å². The molecule has 1 aliphatic carbocycles. The summed E-state index contributed by atoms with van der Waals surface area (Å²) >= 11 is 3.45. The van der Waals surface area contributed by atoms with Gasteiger partial charge in [-0.3, -0.25) is 0 Å². The zero-order valence-electron chi connectivity index (χ0n) is 12.0. The Morgan fingerprint density at radius 2 is 2.30 bits per heavy atom. The molecule has 108 valence electrons. The van der Waals surface area contributed by atoms with Crippen LogP contribution >= 0.6 is 15.9 Å². The summed E-state index contributed by atoms with van der Waals surface area (Å²) in [7, 11) is 1.98. The van der Waals surface area contributed by atoms with Crippen molar-refractivity contribution in [3.05, 3.63) is 34.2 Å². The number of nitrogens with zero attached hydrogens (tertiary/aromatic N) is 2. The van der Waals surface area contributed by atoms with Crippen molar-refractivity contribution in [3.8, 4) is 0 Å². The van der Waals surface area contributed by atoms with Gasteiger partial charge in [0.25, 0.3) is 0 Å². The molecule has 0 atom stereocenters. The summed E-state index contributed by atoms with van der Waals surface area (Å²) in [6.45, 7) is 4.10. The Hall–Kier alpha value is -1.36. The van der Waals surface area contributed by atoms with E-state index < -0.39 is 0 Å². The molecule has 0 aromatic rings. The van der Waals surface area contributed by atoms with Crippen molar-refractivity contribution in [1.82, 2.24) is 4.90 Å². The van der Waals surface area contributed by atoms with E-state index in [-0.39, 0.29) is 5.97 Å². The predicted octanol–water partition coefficient (Wildman–Crippen LogP) is 3.37. The van der Waals surface area contributed by atoms with Crippen molar-refractivity contribution in [2.75, 3.05) is 13.7 Å². The summed E-state index contributed by atoms with van der Waals surface area (Å²) in [5.74, 6) is 0.927. The van der Waals surface area contributed by atoms with E-state index in [1.807, 2.05) is 37.1 Å². The van der Waals surface area contributed by atoms with Crippen LogP contribution in [-0.2, 0) is 9.53 Å². The van der Waals surface area contributed by atoms with Gasteiger partial charge in [-0.15, -0.1) is 0 Å². The first-order chi connectivity index (χ1) is 9.56. The fourth-order valence-electron chi connectivity index (χ4n) is 2.02. The molecule has 0 unspecified atom stereocenters. The number of hydrogen-bond acceptors (Lipinski definition) is 4. The van der Waals surface area contributed by atoms with Crippen LogP contribution in [0.4, 0.5) is 0 Å².